The summed E-state index contributed by atoms with van der Waals surface area (Å²) < 4.78 is 28.2. The number of hydrogen-bond acceptors (Lipinski definition) is 5. The molecule has 1 saturated heterocycles. The van der Waals surface area contributed by atoms with E-state index in [1.807, 2.05) is 0 Å². The fraction of sp³-hybridized carbons (Fsp3) is 0.533. The van der Waals surface area contributed by atoms with Crippen LogP contribution in [-0.4, -0.2) is 63.5 Å². The van der Waals surface area contributed by atoms with Crippen molar-refractivity contribution in [3.63, 3.8) is 0 Å². The lowest BCUT2D eigenvalue weighted by atomic mass is 10.1. The molecule has 0 radical (unpaired) electrons. The second kappa shape index (κ2) is 7.21. The number of amides is 1. The van der Waals surface area contributed by atoms with Gasteiger partial charge in [-0.3, -0.25) is 4.79 Å². The maximum atomic E-state index is 12.3. The highest BCUT2D eigenvalue weighted by atomic mass is 32.2. The molecule has 7 heteroatoms. The summed E-state index contributed by atoms with van der Waals surface area (Å²) in [5, 5.41) is 9.24. The molecular formula is C15H21NO5S. The van der Waals surface area contributed by atoms with Crippen molar-refractivity contribution in [2.75, 3.05) is 39.2 Å². The van der Waals surface area contributed by atoms with E-state index in [2.05, 4.69) is 0 Å². The van der Waals surface area contributed by atoms with Crippen LogP contribution in [0.15, 0.2) is 29.2 Å². The highest BCUT2D eigenvalue weighted by molar-refractivity contribution is 7.90. The molecule has 1 aromatic rings. The topological polar surface area (TPSA) is 83.9 Å². The maximum Gasteiger partial charge on any atom is 0.227 e. The molecule has 0 saturated carbocycles. The van der Waals surface area contributed by atoms with Crippen molar-refractivity contribution in [2.24, 2.45) is 5.92 Å². The molecule has 1 N–H and O–H groups in total. The third-order valence-corrected chi connectivity index (χ3v) is 4.78. The third kappa shape index (κ3) is 4.53. The van der Waals surface area contributed by atoms with Crippen molar-refractivity contribution in [1.29, 1.82) is 0 Å². The molecule has 1 unspecified atom stereocenters. The number of nitrogens with zero attached hydrogens (tertiary/aromatic N) is 1. The average molecular weight is 327 g/mol. The minimum Gasteiger partial charge on any atom is -0.396 e. The number of carbonyl (C=O) groups is 1. The predicted molar refractivity (Wildman–Crippen MR) is 81.2 cm³/mol. The monoisotopic (exact) mass is 327 g/mol. The number of rotatable bonds is 4. The smallest absolute Gasteiger partial charge is 0.227 e. The molecule has 6 nitrogen and oxygen atoms in total. The van der Waals surface area contributed by atoms with E-state index in [9.17, 15) is 18.3 Å². The van der Waals surface area contributed by atoms with Gasteiger partial charge < -0.3 is 14.7 Å². The Morgan fingerprint density at radius 1 is 1.36 bits per heavy atom. The largest absolute Gasteiger partial charge is 0.396 e. The summed E-state index contributed by atoms with van der Waals surface area (Å²) in [6.45, 7) is 1.92. The number of benzene rings is 1. The molecule has 122 valence electrons. The summed E-state index contributed by atoms with van der Waals surface area (Å²) in [6.07, 6.45) is 1.36. The van der Waals surface area contributed by atoms with Crippen LogP contribution in [0.3, 0.4) is 0 Å². The zero-order valence-electron chi connectivity index (χ0n) is 12.6. The van der Waals surface area contributed by atoms with E-state index in [0.29, 0.717) is 26.3 Å². The number of ether oxygens (including phenoxy) is 1. The minimum atomic E-state index is -3.22. The Kier molecular flexibility index (Phi) is 5.55. The Labute approximate surface area is 130 Å². The Bertz CT molecular complexity index is 611. The Morgan fingerprint density at radius 2 is 2.05 bits per heavy atom. The first kappa shape index (κ1) is 16.9. The Balaban J connectivity index is 2.01. The number of sulfone groups is 1. The van der Waals surface area contributed by atoms with Gasteiger partial charge in [0.15, 0.2) is 9.84 Å². The molecule has 0 aromatic heterocycles. The van der Waals surface area contributed by atoms with Gasteiger partial charge >= 0.3 is 0 Å². The van der Waals surface area contributed by atoms with Crippen molar-refractivity contribution < 1.29 is 23.1 Å². The highest BCUT2D eigenvalue weighted by Gasteiger charge is 2.22. The highest BCUT2D eigenvalue weighted by Crippen LogP contribution is 2.13. The van der Waals surface area contributed by atoms with Gasteiger partial charge in [-0.05, 0) is 17.7 Å². The first-order chi connectivity index (χ1) is 10.4. The van der Waals surface area contributed by atoms with Crippen LogP contribution in [0.2, 0.25) is 0 Å². The van der Waals surface area contributed by atoms with Crippen molar-refractivity contribution in [2.45, 2.75) is 11.3 Å². The van der Waals surface area contributed by atoms with Crippen LogP contribution in [0.4, 0.5) is 0 Å². The van der Waals surface area contributed by atoms with Crippen LogP contribution in [0.5, 0.6) is 0 Å². The van der Waals surface area contributed by atoms with Crippen LogP contribution in [0, 0.1) is 5.92 Å². The molecule has 1 atom stereocenters. The van der Waals surface area contributed by atoms with E-state index >= 15 is 0 Å². The number of carbonyl (C=O) groups excluding carboxylic acids is 1. The molecule has 1 aromatic carbocycles. The molecule has 0 aliphatic carbocycles. The Morgan fingerprint density at radius 3 is 2.64 bits per heavy atom. The van der Waals surface area contributed by atoms with E-state index in [4.69, 9.17) is 4.74 Å². The van der Waals surface area contributed by atoms with E-state index in [1.165, 1.54) is 12.1 Å². The lowest BCUT2D eigenvalue weighted by Crippen LogP contribution is -2.37. The SMILES string of the molecule is CS(=O)(=O)c1ccc(CC(=O)N2CCOCC(CO)C2)cc1. The lowest BCUT2D eigenvalue weighted by molar-refractivity contribution is -0.131. The summed E-state index contributed by atoms with van der Waals surface area (Å²) in [4.78, 5) is 14.3. The number of aliphatic hydroxyl groups excluding tert-OH is 1. The normalized spacial score (nSPS) is 19.7. The first-order valence-electron chi connectivity index (χ1n) is 7.15. The fourth-order valence-electron chi connectivity index (χ4n) is 2.36. The van der Waals surface area contributed by atoms with Crippen molar-refractivity contribution in [3.05, 3.63) is 29.8 Å². The zero-order valence-corrected chi connectivity index (χ0v) is 13.4. The summed E-state index contributed by atoms with van der Waals surface area (Å²) in [6, 6.07) is 6.35. The molecule has 22 heavy (non-hydrogen) atoms. The zero-order chi connectivity index (χ0) is 16.2. The maximum absolute atomic E-state index is 12.3. The molecule has 1 heterocycles. The van der Waals surface area contributed by atoms with Crippen molar-refractivity contribution in [1.82, 2.24) is 4.90 Å². The van der Waals surface area contributed by atoms with Crippen molar-refractivity contribution >= 4 is 15.7 Å². The molecule has 0 spiro atoms. The van der Waals surface area contributed by atoms with Gasteiger partial charge in [-0.2, -0.15) is 0 Å². The molecule has 1 aliphatic rings. The molecule has 1 aliphatic heterocycles. The summed E-state index contributed by atoms with van der Waals surface area (Å²) in [7, 11) is -3.22. The van der Waals surface area contributed by atoms with E-state index in [-0.39, 0.29) is 29.7 Å². The van der Waals surface area contributed by atoms with Gasteiger partial charge in [0, 0.05) is 31.9 Å². The van der Waals surface area contributed by atoms with Crippen LogP contribution < -0.4 is 0 Å². The van der Waals surface area contributed by atoms with Gasteiger partial charge in [0.05, 0.1) is 24.5 Å². The predicted octanol–water partition coefficient (Wildman–Crippen LogP) is 0.0999. The lowest BCUT2D eigenvalue weighted by Gasteiger charge is -2.22. The van der Waals surface area contributed by atoms with E-state index < -0.39 is 9.84 Å². The number of aliphatic hydroxyl groups is 1. The molecular weight excluding hydrogens is 306 g/mol. The van der Waals surface area contributed by atoms with Crippen LogP contribution in [0.1, 0.15) is 5.56 Å². The van der Waals surface area contributed by atoms with Gasteiger partial charge in [0.1, 0.15) is 0 Å². The van der Waals surface area contributed by atoms with Gasteiger partial charge in [-0.25, -0.2) is 8.42 Å². The molecule has 1 amide bonds. The van der Waals surface area contributed by atoms with Crippen LogP contribution in [0.25, 0.3) is 0 Å². The first-order valence-corrected chi connectivity index (χ1v) is 9.04. The van der Waals surface area contributed by atoms with Crippen molar-refractivity contribution in [3.8, 4) is 0 Å². The summed E-state index contributed by atoms with van der Waals surface area (Å²) >= 11 is 0. The minimum absolute atomic E-state index is 0.00711. The summed E-state index contributed by atoms with van der Waals surface area (Å²) in [5.41, 5.74) is 0.767. The standard InChI is InChI=1S/C15H21NO5S/c1-22(19,20)14-4-2-12(3-5-14)8-15(18)16-6-7-21-11-13(9-16)10-17/h2-5,13,17H,6-11H2,1H3. The van der Waals surface area contributed by atoms with Crippen LogP contribution >= 0.6 is 0 Å². The summed E-state index contributed by atoms with van der Waals surface area (Å²) in [5.74, 6) is -0.102. The molecule has 1 fully saturated rings. The van der Waals surface area contributed by atoms with Gasteiger partial charge in [-0.1, -0.05) is 12.1 Å². The third-order valence-electron chi connectivity index (χ3n) is 3.66. The van der Waals surface area contributed by atoms with Crippen LogP contribution in [-0.2, 0) is 25.8 Å². The fourth-order valence-corrected chi connectivity index (χ4v) is 2.99. The van der Waals surface area contributed by atoms with E-state index in [0.717, 1.165) is 11.8 Å². The van der Waals surface area contributed by atoms with Gasteiger partial charge in [-0.15, -0.1) is 0 Å². The quantitative estimate of drug-likeness (QED) is 0.848. The number of hydrogen-bond donors (Lipinski definition) is 1. The Hall–Kier alpha value is -1.44. The molecule has 0 bridgehead atoms. The van der Waals surface area contributed by atoms with Gasteiger partial charge in [0.25, 0.3) is 0 Å². The van der Waals surface area contributed by atoms with E-state index in [1.54, 1.807) is 17.0 Å². The second-order valence-electron chi connectivity index (χ2n) is 5.56. The second-order valence-corrected chi connectivity index (χ2v) is 7.57. The van der Waals surface area contributed by atoms with Gasteiger partial charge in [0.2, 0.25) is 5.91 Å². The molecule has 2 rings (SSSR count). The average Bonchev–Trinajstić information content (AvgIpc) is 2.72.